The van der Waals surface area contributed by atoms with Gasteiger partial charge in [-0.2, -0.15) is 5.26 Å². The molecule has 1 saturated carbocycles. The quantitative estimate of drug-likeness (QED) is 0.867. The Balaban J connectivity index is 2.08. The average Bonchev–Trinajstić information content (AvgIpc) is 2.79. The molecule has 2 atom stereocenters. The first-order valence-electron chi connectivity index (χ1n) is 6.39. The highest BCUT2D eigenvalue weighted by molar-refractivity contribution is 5.94. The second-order valence-corrected chi connectivity index (χ2v) is 5.05. The summed E-state index contributed by atoms with van der Waals surface area (Å²) in [5, 5.41) is 12.0. The fourth-order valence-electron chi connectivity index (χ4n) is 2.42. The first-order chi connectivity index (χ1) is 8.61. The van der Waals surface area contributed by atoms with Crippen LogP contribution in [0.1, 0.15) is 40.7 Å². The molecule has 1 aliphatic rings. The zero-order chi connectivity index (χ0) is 13.1. The summed E-state index contributed by atoms with van der Waals surface area (Å²) >= 11 is 0. The molecule has 0 radical (unpaired) electrons. The van der Waals surface area contributed by atoms with Gasteiger partial charge in [-0.1, -0.05) is 6.07 Å². The number of carbonyl (C=O) groups is 1. The van der Waals surface area contributed by atoms with E-state index in [0.29, 0.717) is 5.56 Å². The molecule has 1 aromatic carbocycles. The van der Waals surface area contributed by atoms with Gasteiger partial charge in [-0.15, -0.1) is 0 Å². The highest BCUT2D eigenvalue weighted by Gasteiger charge is 2.28. The molecule has 3 heteroatoms. The third kappa shape index (κ3) is 2.53. The summed E-state index contributed by atoms with van der Waals surface area (Å²) in [5.74, 6) is -0.0919. The maximum absolute atomic E-state index is 12.1. The van der Waals surface area contributed by atoms with Crippen LogP contribution in [-0.4, -0.2) is 11.9 Å². The van der Waals surface area contributed by atoms with Gasteiger partial charge in [0.05, 0.1) is 12.0 Å². The SMILES string of the molecule is Cc1ccc(C(=O)NC2CCCC2C#N)cc1C. The summed E-state index contributed by atoms with van der Waals surface area (Å²) in [6.45, 7) is 4.03. The Labute approximate surface area is 108 Å². The molecular formula is C15H18N2O. The van der Waals surface area contributed by atoms with Crippen LogP contribution in [-0.2, 0) is 0 Å². The summed E-state index contributed by atoms with van der Waals surface area (Å²) < 4.78 is 0. The molecule has 1 aliphatic carbocycles. The van der Waals surface area contributed by atoms with Crippen LogP contribution in [0, 0.1) is 31.1 Å². The second kappa shape index (κ2) is 5.22. The maximum Gasteiger partial charge on any atom is 0.251 e. The lowest BCUT2D eigenvalue weighted by atomic mass is 10.0. The van der Waals surface area contributed by atoms with Crippen LogP contribution in [0.15, 0.2) is 18.2 Å². The predicted molar refractivity (Wildman–Crippen MR) is 70.1 cm³/mol. The molecule has 2 rings (SSSR count). The predicted octanol–water partition coefficient (Wildman–Crippen LogP) is 2.73. The standard InChI is InChI=1S/C15H18N2O/c1-10-6-7-12(8-11(10)2)15(18)17-14-5-3-4-13(14)9-16/h6-8,13-14H,3-5H2,1-2H3,(H,17,18). The molecule has 1 fully saturated rings. The van der Waals surface area contributed by atoms with Gasteiger partial charge in [-0.25, -0.2) is 0 Å². The largest absolute Gasteiger partial charge is 0.348 e. The first kappa shape index (κ1) is 12.6. The lowest BCUT2D eigenvalue weighted by Crippen LogP contribution is -2.36. The fraction of sp³-hybridized carbons (Fsp3) is 0.467. The number of nitrogens with zero attached hydrogens (tertiary/aromatic N) is 1. The Morgan fingerprint density at radius 3 is 2.78 bits per heavy atom. The molecule has 0 aliphatic heterocycles. The van der Waals surface area contributed by atoms with Gasteiger partial charge in [0, 0.05) is 11.6 Å². The minimum absolute atomic E-state index is 0.0177. The molecular weight excluding hydrogens is 224 g/mol. The lowest BCUT2D eigenvalue weighted by Gasteiger charge is -2.16. The van der Waals surface area contributed by atoms with Crippen molar-refractivity contribution in [3.05, 3.63) is 34.9 Å². The van der Waals surface area contributed by atoms with Crippen LogP contribution in [0.25, 0.3) is 0 Å². The number of aryl methyl sites for hydroxylation is 2. The Morgan fingerprint density at radius 1 is 1.33 bits per heavy atom. The van der Waals surface area contributed by atoms with E-state index >= 15 is 0 Å². The minimum atomic E-state index is -0.0646. The van der Waals surface area contributed by atoms with Crippen molar-refractivity contribution in [2.45, 2.75) is 39.2 Å². The normalized spacial score (nSPS) is 22.5. The average molecular weight is 242 g/mol. The van der Waals surface area contributed by atoms with Crippen LogP contribution in [0.3, 0.4) is 0 Å². The third-order valence-electron chi connectivity index (χ3n) is 3.77. The molecule has 0 spiro atoms. The molecule has 3 nitrogen and oxygen atoms in total. The summed E-state index contributed by atoms with van der Waals surface area (Å²) in [7, 11) is 0. The molecule has 0 bridgehead atoms. The highest BCUT2D eigenvalue weighted by Crippen LogP contribution is 2.25. The number of benzene rings is 1. The summed E-state index contributed by atoms with van der Waals surface area (Å²) in [4.78, 5) is 12.1. The van der Waals surface area contributed by atoms with E-state index < -0.39 is 0 Å². The van der Waals surface area contributed by atoms with E-state index in [0.717, 1.165) is 24.8 Å². The van der Waals surface area contributed by atoms with Gasteiger partial charge >= 0.3 is 0 Å². The van der Waals surface area contributed by atoms with Crippen molar-refractivity contribution in [1.82, 2.24) is 5.32 Å². The van der Waals surface area contributed by atoms with Crippen molar-refractivity contribution in [3.63, 3.8) is 0 Å². The molecule has 0 saturated heterocycles. The van der Waals surface area contributed by atoms with E-state index in [2.05, 4.69) is 11.4 Å². The van der Waals surface area contributed by atoms with Crippen LogP contribution in [0.5, 0.6) is 0 Å². The van der Waals surface area contributed by atoms with Gasteiger partial charge in [0.2, 0.25) is 0 Å². The van der Waals surface area contributed by atoms with E-state index in [1.54, 1.807) is 0 Å². The summed E-state index contributed by atoms with van der Waals surface area (Å²) in [6.07, 6.45) is 2.83. The van der Waals surface area contributed by atoms with Gasteiger partial charge in [-0.3, -0.25) is 4.79 Å². The van der Waals surface area contributed by atoms with Crippen molar-refractivity contribution >= 4 is 5.91 Å². The topological polar surface area (TPSA) is 52.9 Å². The van der Waals surface area contributed by atoms with Crippen molar-refractivity contribution in [1.29, 1.82) is 5.26 Å². The van der Waals surface area contributed by atoms with Gasteiger partial charge < -0.3 is 5.32 Å². The number of nitrogens with one attached hydrogen (secondary N) is 1. The van der Waals surface area contributed by atoms with Crippen molar-refractivity contribution < 1.29 is 4.79 Å². The Kier molecular flexibility index (Phi) is 3.66. The van der Waals surface area contributed by atoms with Gasteiger partial charge in [0.25, 0.3) is 5.91 Å². The molecule has 2 unspecified atom stereocenters. The van der Waals surface area contributed by atoms with Crippen LogP contribution >= 0.6 is 0 Å². The first-order valence-corrected chi connectivity index (χ1v) is 6.39. The van der Waals surface area contributed by atoms with E-state index in [-0.39, 0.29) is 17.9 Å². The van der Waals surface area contributed by atoms with Gasteiger partial charge in [0.1, 0.15) is 0 Å². The van der Waals surface area contributed by atoms with E-state index in [1.807, 2.05) is 32.0 Å². The highest BCUT2D eigenvalue weighted by atomic mass is 16.1. The maximum atomic E-state index is 12.1. The number of carbonyl (C=O) groups excluding carboxylic acids is 1. The molecule has 0 heterocycles. The zero-order valence-electron chi connectivity index (χ0n) is 10.9. The van der Waals surface area contributed by atoms with E-state index in [4.69, 9.17) is 5.26 Å². The Morgan fingerprint density at radius 2 is 2.11 bits per heavy atom. The van der Waals surface area contributed by atoms with Crippen molar-refractivity contribution in [2.75, 3.05) is 0 Å². The Hall–Kier alpha value is -1.82. The number of hydrogen-bond acceptors (Lipinski definition) is 2. The fourth-order valence-corrected chi connectivity index (χ4v) is 2.42. The molecule has 94 valence electrons. The smallest absolute Gasteiger partial charge is 0.251 e. The monoisotopic (exact) mass is 242 g/mol. The van der Waals surface area contributed by atoms with Crippen LogP contribution < -0.4 is 5.32 Å². The summed E-state index contributed by atoms with van der Waals surface area (Å²) in [5.41, 5.74) is 2.98. The lowest BCUT2D eigenvalue weighted by molar-refractivity contribution is 0.0933. The van der Waals surface area contributed by atoms with E-state index in [1.165, 1.54) is 5.56 Å². The van der Waals surface area contributed by atoms with Crippen LogP contribution in [0.2, 0.25) is 0 Å². The van der Waals surface area contributed by atoms with E-state index in [9.17, 15) is 4.79 Å². The van der Waals surface area contributed by atoms with Crippen molar-refractivity contribution in [3.8, 4) is 6.07 Å². The number of nitriles is 1. The molecule has 1 amide bonds. The number of hydrogen-bond donors (Lipinski definition) is 1. The Bertz CT molecular complexity index is 502. The zero-order valence-corrected chi connectivity index (χ0v) is 10.9. The molecule has 1 aromatic rings. The summed E-state index contributed by atoms with van der Waals surface area (Å²) in [6, 6.07) is 8.00. The number of amides is 1. The van der Waals surface area contributed by atoms with Crippen molar-refractivity contribution in [2.24, 2.45) is 5.92 Å². The van der Waals surface area contributed by atoms with Crippen LogP contribution in [0.4, 0.5) is 0 Å². The molecule has 18 heavy (non-hydrogen) atoms. The number of rotatable bonds is 2. The molecule has 0 aromatic heterocycles. The minimum Gasteiger partial charge on any atom is -0.348 e. The molecule has 1 N–H and O–H groups in total. The second-order valence-electron chi connectivity index (χ2n) is 5.05. The van der Waals surface area contributed by atoms with Gasteiger partial charge in [-0.05, 0) is 56.4 Å². The third-order valence-corrected chi connectivity index (χ3v) is 3.77. The van der Waals surface area contributed by atoms with Gasteiger partial charge in [0.15, 0.2) is 0 Å².